The molecule has 51 heavy (non-hydrogen) atoms. The van der Waals surface area contributed by atoms with Crippen molar-refractivity contribution in [2.24, 2.45) is 0 Å². The maximum atomic E-state index is 2.45. The van der Waals surface area contributed by atoms with Crippen molar-refractivity contribution in [3.05, 3.63) is 186 Å². The van der Waals surface area contributed by atoms with Gasteiger partial charge >= 0.3 is 0 Å². The standard InChI is InChI=1S/C50H45N/c1-49(2)47-19-11-10-18-45(47)46-31-30-44(35-48(46)49)51(42-26-22-37(23-27-42)39-21-20-36-14-8-9-15-38(36)34-39)43-28-24-41(25-29-43)50(32-12-3-4-13-33-50)40-16-6-5-7-17-40/h5-11,14-31,34-35H,3-4,12-13,32-33H2,1-2H3. The van der Waals surface area contributed by atoms with Crippen molar-refractivity contribution < 1.29 is 0 Å². The van der Waals surface area contributed by atoms with Crippen molar-refractivity contribution >= 4 is 27.8 Å². The van der Waals surface area contributed by atoms with E-state index in [4.69, 9.17) is 0 Å². The molecule has 0 N–H and O–H groups in total. The topological polar surface area (TPSA) is 3.24 Å². The fourth-order valence-electron chi connectivity index (χ4n) is 9.21. The van der Waals surface area contributed by atoms with E-state index in [2.05, 4.69) is 183 Å². The molecule has 0 spiro atoms. The number of benzene rings is 7. The molecule has 250 valence electrons. The minimum absolute atomic E-state index is 0.0615. The molecule has 0 saturated heterocycles. The zero-order valence-corrected chi connectivity index (χ0v) is 29.8. The quantitative estimate of drug-likeness (QED) is 0.161. The van der Waals surface area contributed by atoms with E-state index in [9.17, 15) is 0 Å². The lowest BCUT2D eigenvalue weighted by atomic mass is 9.69. The summed E-state index contributed by atoms with van der Waals surface area (Å²) in [5, 5.41) is 2.54. The van der Waals surface area contributed by atoms with Gasteiger partial charge in [-0.2, -0.15) is 0 Å². The Balaban J connectivity index is 1.15. The third-order valence-corrected chi connectivity index (χ3v) is 12.0. The van der Waals surface area contributed by atoms with Crippen molar-refractivity contribution in [3.8, 4) is 22.3 Å². The van der Waals surface area contributed by atoms with E-state index in [-0.39, 0.29) is 10.8 Å². The van der Waals surface area contributed by atoms with E-state index in [1.807, 2.05) is 0 Å². The van der Waals surface area contributed by atoms with Gasteiger partial charge in [-0.3, -0.25) is 0 Å². The molecular weight excluding hydrogens is 615 g/mol. The molecule has 9 rings (SSSR count). The van der Waals surface area contributed by atoms with Crippen LogP contribution in [-0.4, -0.2) is 0 Å². The lowest BCUT2D eigenvalue weighted by molar-refractivity contribution is 0.446. The van der Waals surface area contributed by atoms with Gasteiger partial charge in [0.15, 0.2) is 0 Å². The monoisotopic (exact) mass is 659 g/mol. The van der Waals surface area contributed by atoms with Crippen LogP contribution < -0.4 is 4.90 Å². The molecule has 0 heterocycles. The Bertz CT molecular complexity index is 2320. The highest BCUT2D eigenvalue weighted by atomic mass is 15.1. The highest BCUT2D eigenvalue weighted by Gasteiger charge is 2.37. The molecule has 0 atom stereocenters. The van der Waals surface area contributed by atoms with Gasteiger partial charge in [0.1, 0.15) is 0 Å². The molecule has 1 saturated carbocycles. The summed E-state index contributed by atoms with van der Waals surface area (Å²) in [5.41, 5.74) is 14.4. The minimum atomic E-state index is -0.0705. The lowest BCUT2D eigenvalue weighted by Crippen LogP contribution is -2.27. The summed E-state index contributed by atoms with van der Waals surface area (Å²) in [6, 6.07) is 61.4. The molecule has 0 radical (unpaired) electrons. The minimum Gasteiger partial charge on any atom is -0.310 e. The van der Waals surface area contributed by atoms with Crippen LogP contribution in [0.1, 0.15) is 74.6 Å². The molecule has 2 aliphatic rings. The fraction of sp³-hybridized carbons (Fsp3) is 0.200. The van der Waals surface area contributed by atoms with E-state index in [1.54, 1.807) is 0 Å². The summed E-state index contributed by atoms with van der Waals surface area (Å²) in [6.45, 7) is 4.74. The van der Waals surface area contributed by atoms with Gasteiger partial charge in [-0.1, -0.05) is 161 Å². The van der Waals surface area contributed by atoms with E-state index in [0.717, 1.165) is 5.69 Å². The van der Waals surface area contributed by atoms with Gasteiger partial charge in [-0.25, -0.2) is 0 Å². The van der Waals surface area contributed by atoms with Crippen LogP contribution in [0.3, 0.4) is 0 Å². The Hall–Kier alpha value is -5.40. The first-order valence-corrected chi connectivity index (χ1v) is 18.8. The second-order valence-corrected chi connectivity index (χ2v) is 15.3. The number of nitrogens with zero attached hydrogens (tertiary/aromatic N) is 1. The predicted molar refractivity (Wildman–Crippen MR) is 217 cm³/mol. The van der Waals surface area contributed by atoms with Crippen molar-refractivity contribution in [1.29, 1.82) is 0 Å². The Morgan fingerprint density at radius 3 is 1.73 bits per heavy atom. The van der Waals surface area contributed by atoms with Crippen LogP contribution in [-0.2, 0) is 10.8 Å². The molecule has 2 aliphatic carbocycles. The van der Waals surface area contributed by atoms with Gasteiger partial charge in [-0.05, 0) is 111 Å². The van der Waals surface area contributed by atoms with Crippen molar-refractivity contribution in [2.45, 2.75) is 63.2 Å². The number of hydrogen-bond acceptors (Lipinski definition) is 1. The Morgan fingerprint density at radius 2 is 0.980 bits per heavy atom. The molecule has 0 aromatic heterocycles. The van der Waals surface area contributed by atoms with Crippen LogP contribution in [0.15, 0.2) is 164 Å². The number of rotatable bonds is 6. The van der Waals surface area contributed by atoms with Gasteiger partial charge in [0.2, 0.25) is 0 Å². The van der Waals surface area contributed by atoms with Crippen molar-refractivity contribution in [2.75, 3.05) is 4.90 Å². The first-order chi connectivity index (χ1) is 25.0. The van der Waals surface area contributed by atoms with Gasteiger partial charge in [0, 0.05) is 27.9 Å². The van der Waals surface area contributed by atoms with Crippen LogP contribution in [0.5, 0.6) is 0 Å². The van der Waals surface area contributed by atoms with E-state index < -0.39 is 0 Å². The van der Waals surface area contributed by atoms with Gasteiger partial charge in [0.25, 0.3) is 0 Å². The summed E-state index contributed by atoms with van der Waals surface area (Å²) >= 11 is 0. The number of hydrogen-bond donors (Lipinski definition) is 0. The molecule has 7 aromatic carbocycles. The zero-order valence-electron chi connectivity index (χ0n) is 29.8. The second kappa shape index (κ2) is 12.7. The van der Waals surface area contributed by atoms with E-state index in [1.165, 1.54) is 105 Å². The summed E-state index contributed by atoms with van der Waals surface area (Å²) in [4.78, 5) is 2.45. The van der Waals surface area contributed by atoms with Gasteiger partial charge in [0.05, 0.1) is 0 Å². The molecule has 0 aliphatic heterocycles. The Labute approximate surface area is 303 Å². The normalized spacial score (nSPS) is 15.9. The molecular formula is C50H45N. The zero-order chi connectivity index (χ0) is 34.4. The summed E-state index contributed by atoms with van der Waals surface area (Å²) < 4.78 is 0. The van der Waals surface area contributed by atoms with Crippen molar-refractivity contribution in [3.63, 3.8) is 0 Å². The van der Waals surface area contributed by atoms with Crippen LogP contribution >= 0.6 is 0 Å². The largest absolute Gasteiger partial charge is 0.310 e. The maximum absolute atomic E-state index is 2.45. The smallest absolute Gasteiger partial charge is 0.0465 e. The average Bonchev–Trinajstić information content (AvgIpc) is 3.32. The van der Waals surface area contributed by atoms with E-state index >= 15 is 0 Å². The second-order valence-electron chi connectivity index (χ2n) is 15.3. The lowest BCUT2D eigenvalue weighted by Gasteiger charge is -2.35. The van der Waals surface area contributed by atoms with Crippen LogP contribution in [0.2, 0.25) is 0 Å². The van der Waals surface area contributed by atoms with Crippen LogP contribution in [0, 0.1) is 0 Å². The summed E-state index contributed by atoms with van der Waals surface area (Å²) in [5.74, 6) is 0. The first kappa shape index (κ1) is 31.6. The van der Waals surface area contributed by atoms with Crippen LogP contribution in [0.4, 0.5) is 17.1 Å². The van der Waals surface area contributed by atoms with Crippen LogP contribution in [0.25, 0.3) is 33.0 Å². The van der Waals surface area contributed by atoms with Gasteiger partial charge < -0.3 is 4.90 Å². The Morgan fingerprint density at radius 1 is 0.412 bits per heavy atom. The molecule has 0 bridgehead atoms. The molecule has 1 heteroatoms. The summed E-state index contributed by atoms with van der Waals surface area (Å²) in [7, 11) is 0. The summed E-state index contributed by atoms with van der Waals surface area (Å²) in [6.07, 6.45) is 7.62. The molecule has 0 amide bonds. The third kappa shape index (κ3) is 5.47. The predicted octanol–water partition coefficient (Wildman–Crippen LogP) is 13.9. The molecule has 1 nitrogen and oxygen atoms in total. The highest BCUT2D eigenvalue weighted by molar-refractivity contribution is 5.89. The maximum Gasteiger partial charge on any atom is 0.0465 e. The molecule has 7 aromatic rings. The Kier molecular flexibility index (Phi) is 7.88. The number of fused-ring (bicyclic) bond motifs is 4. The van der Waals surface area contributed by atoms with Gasteiger partial charge in [-0.15, -0.1) is 0 Å². The number of anilines is 3. The highest BCUT2D eigenvalue weighted by Crippen LogP contribution is 2.51. The van der Waals surface area contributed by atoms with E-state index in [0.29, 0.717) is 0 Å². The molecule has 1 fully saturated rings. The van der Waals surface area contributed by atoms with Crippen molar-refractivity contribution in [1.82, 2.24) is 0 Å². The average molecular weight is 660 g/mol. The third-order valence-electron chi connectivity index (χ3n) is 12.0. The first-order valence-electron chi connectivity index (χ1n) is 18.8. The fourth-order valence-corrected chi connectivity index (χ4v) is 9.21. The SMILES string of the molecule is CC1(C)c2ccccc2-c2ccc(N(c3ccc(-c4ccc5ccccc5c4)cc3)c3ccc(C4(c5ccccc5)CCCCCC4)cc3)cc21. The molecule has 0 unspecified atom stereocenters.